The minimum absolute atomic E-state index is 0.111. The molecule has 7 heteroatoms. The van der Waals surface area contributed by atoms with Crippen molar-refractivity contribution in [1.82, 2.24) is 20.5 Å². The summed E-state index contributed by atoms with van der Waals surface area (Å²) < 4.78 is 0. The predicted molar refractivity (Wildman–Crippen MR) is 109 cm³/mol. The normalized spacial score (nSPS) is 14.5. The van der Waals surface area contributed by atoms with E-state index in [0.29, 0.717) is 11.6 Å². The Morgan fingerprint density at radius 1 is 1.00 bits per heavy atom. The van der Waals surface area contributed by atoms with Crippen LogP contribution in [0.5, 0.6) is 0 Å². The van der Waals surface area contributed by atoms with Gasteiger partial charge >= 0.3 is 0 Å². The summed E-state index contributed by atoms with van der Waals surface area (Å²) >= 11 is 5.83. The quantitative estimate of drug-likeness (QED) is 0.749. The zero-order valence-corrected chi connectivity index (χ0v) is 16.5. The molecule has 0 spiro atoms. The number of pyridine rings is 1. The molecular weight excluding hydrogens is 376 g/mol. The standard InChI is InChI=1S/C21H25ClN4O2/c22-18-8-9-23-19(12-18)21(28)25-14-20(27)24-13-16-4-6-17(7-5-16)15-26-10-2-1-3-11-26/h4-9,12H,1-3,10-11,13-15H2,(H,24,27)(H,25,28). The monoisotopic (exact) mass is 400 g/mol. The highest BCUT2D eigenvalue weighted by Crippen LogP contribution is 2.13. The summed E-state index contributed by atoms with van der Waals surface area (Å²) in [6, 6.07) is 11.3. The topological polar surface area (TPSA) is 74.3 Å². The highest BCUT2D eigenvalue weighted by Gasteiger charge is 2.11. The molecule has 2 amide bonds. The number of hydrogen-bond donors (Lipinski definition) is 2. The van der Waals surface area contributed by atoms with Crippen molar-refractivity contribution in [3.05, 3.63) is 64.4 Å². The van der Waals surface area contributed by atoms with Gasteiger partial charge in [-0.1, -0.05) is 42.3 Å². The molecule has 0 radical (unpaired) electrons. The number of likely N-dealkylation sites (tertiary alicyclic amines) is 1. The first-order valence-corrected chi connectivity index (χ1v) is 9.94. The van der Waals surface area contributed by atoms with Crippen LogP contribution < -0.4 is 10.6 Å². The highest BCUT2D eigenvalue weighted by molar-refractivity contribution is 6.30. The number of hydrogen-bond acceptors (Lipinski definition) is 4. The van der Waals surface area contributed by atoms with Crippen LogP contribution in [0.25, 0.3) is 0 Å². The maximum absolute atomic E-state index is 12.0. The Labute approximate surface area is 170 Å². The van der Waals surface area contributed by atoms with E-state index < -0.39 is 5.91 Å². The number of amides is 2. The maximum Gasteiger partial charge on any atom is 0.270 e. The molecule has 2 aromatic rings. The third-order valence-electron chi connectivity index (χ3n) is 4.73. The van der Waals surface area contributed by atoms with Crippen molar-refractivity contribution in [3.8, 4) is 0 Å². The molecule has 1 saturated heterocycles. The molecule has 1 aliphatic heterocycles. The van der Waals surface area contributed by atoms with E-state index >= 15 is 0 Å². The molecule has 28 heavy (non-hydrogen) atoms. The van der Waals surface area contributed by atoms with E-state index in [1.165, 1.54) is 50.2 Å². The van der Waals surface area contributed by atoms with Gasteiger partial charge in [0.15, 0.2) is 0 Å². The SMILES string of the molecule is O=C(CNC(=O)c1cc(Cl)ccn1)NCc1ccc(CN2CCCCC2)cc1. The van der Waals surface area contributed by atoms with Gasteiger partial charge in [-0.15, -0.1) is 0 Å². The number of carbonyl (C=O) groups excluding carboxylic acids is 2. The van der Waals surface area contributed by atoms with E-state index in [2.05, 4.69) is 32.7 Å². The van der Waals surface area contributed by atoms with Gasteiger partial charge in [-0.2, -0.15) is 0 Å². The fourth-order valence-corrected chi connectivity index (χ4v) is 3.34. The van der Waals surface area contributed by atoms with Gasteiger partial charge in [-0.05, 0) is 49.2 Å². The number of nitrogens with one attached hydrogen (secondary N) is 2. The van der Waals surface area contributed by atoms with Gasteiger partial charge in [0.25, 0.3) is 5.91 Å². The van der Waals surface area contributed by atoms with E-state index in [0.717, 1.165) is 12.1 Å². The van der Waals surface area contributed by atoms with Crippen molar-refractivity contribution in [2.24, 2.45) is 0 Å². The lowest BCUT2D eigenvalue weighted by Crippen LogP contribution is -2.36. The van der Waals surface area contributed by atoms with Gasteiger partial charge in [-0.25, -0.2) is 0 Å². The summed E-state index contributed by atoms with van der Waals surface area (Å²) in [5.41, 5.74) is 2.50. The molecule has 2 heterocycles. The number of nitrogens with zero attached hydrogens (tertiary/aromatic N) is 2. The molecule has 2 N–H and O–H groups in total. The van der Waals surface area contributed by atoms with Gasteiger partial charge in [0.05, 0.1) is 6.54 Å². The number of piperidine rings is 1. The zero-order chi connectivity index (χ0) is 19.8. The average Bonchev–Trinajstić information content (AvgIpc) is 2.72. The van der Waals surface area contributed by atoms with Crippen LogP contribution >= 0.6 is 11.6 Å². The van der Waals surface area contributed by atoms with Crippen LogP contribution in [-0.4, -0.2) is 41.3 Å². The fourth-order valence-electron chi connectivity index (χ4n) is 3.18. The summed E-state index contributed by atoms with van der Waals surface area (Å²) in [5, 5.41) is 5.77. The minimum Gasteiger partial charge on any atom is -0.350 e. The number of halogens is 1. The Morgan fingerprint density at radius 2 is 1.71 bits per heavy atom. The van der Waals surface area contributed by atoms with Gasteiger partial charge in [0.2, 0.25) is 5.91 Å². The molecule has 0 bridgehead atoms. The van der Waals surface area contributed by atoms with Crippen molar-refractivity contribution in [1.29, 1.82) is 0 Å². The van der Waals surface area contributed by atoms with E-state index in [9.17, 15) is 9.59 Å². The van der Waals surface area contributed by atoms with E-state index in [4.69, 9.17) is 11.6 Å². The lowest BCUT2D eigenvalue weighted by molar-refractivity contribution is -0.120. The number of aromatic nitrogens is 1. The Kier molecular flexibility index (Phi) is 7.39. The molecule has 1 aliphatic rings. The molecule has 1 aromatic carbocycles. The smallest absolute Gasteiger partial charge is 0.270 e. The van der Waals surface area contributed by atoms with Gasteiger partial charge in [-0.3, -0.25) is 19.5 Å². The molecule has 1 fully saturated rings. The van der Waals surface area contributed by atoms with Crippen LogP contribution in [0.3, 0.4) is 0 Å². The first kappa shape index (κ1) is 20.3. The minimum atomic E-state index is -0.431. The van der Waals surface area contributed by atoms with Crippen LogP contribution in [0.1, 0.15) is 40.9 Å². The number of carbonyl (C=O) groups is 2. The Bertz CT molecular complexity index is 804. The van der Waals surface area contributed by atoms with Crippen LogP contribution in [0.4, 0.5) is 0 Å². The summed E-state index contributed by atoms with van der Waals surface area (Å²) in [4.78, 5) is 30.3. The Balaban J connectivity index is 1.39. The van der Waals surface area contributed by atoms with Crippen LogP contribution in [0.15, 0.2) is 42.6 Å². The largest absolute Gasteiger partial charge is 0.350 e. The molecule has 1 aromatic heterocycles. The van der Waals surface area contributed by atoms with Crippen molar-refractivity contribution < 1.29 is 9.59 Å². The molecule has 6 nitrogen and oxygen atoms in total. The molecule has 0 aliphatic carbocycles. The molecular formula is C21H25ClN4O2. The fraction of sp³-hybridized carbons (Fsp3) is 0.381. The summed E-state index contributed by atoms with van der Waals surface area (Å²) in [6.07, 6.45) is 5.36. The third-order valence-corrected chi connectivity index (χ3v) is 4.97. The van der Waals surface area contributed by atoms with E-state index in [1.54, 1.807) is 6.07 Å². The first-order valence-electron chi connectivity index (χ1n) is 9.57. The maximum atomic E-state index is 12.0. The van der Waals surface area contributed by atoms with Crippen LogP contribution in [-0.2, 0) is 17.9 Å². The molecule has 0 atom stereocenters. The third kappa shape index (κ3) is 6.32. The average molecular weight is 401 g/mol. The second-order valence-electron chi connectivity index (χ2n) is 6.97. The van der Waals surface area contributed by atoms with Gasteiger partial charge < -0.3 is 10.6 Å². The number of rotatable bonds is 7. The van der Waals surface area contributed by atoms with Crippen molar-refractivity contribution in [2.45, 2.75) is 32.4 Å². The number of benzene rings is 1. The summed E-state index contributed by atoms with van der Waals surface area (Å²) in [6.45, 7) is 3.65. The van der Waals surface area contributed by atoms with E-state index in [1.807, 2.05) is 12.1 Å². The summed E-state index contributed by atoms with van der Waals surface area (Å²) in [5.74, 6) is -0.688. The second-order valence-corrected chi connectivity index (χ2v) is 7.41. The van der Waals surface area contributed by atoms with Crippen molar-refractivity contribution in [3.63, 3.8) is 0 Å². The van der Waals surface area contributed by atoms with Crippen LogP contribution in [0, 0.1) is 0 Å². The summed E-state index contributed by atoms with van der Waals surface area (Å²) in [7, 11) is 0. The zero-order valence-electron chi connectivity index (χ0n) is 15.8. The van der Waals surface area contributed by atoms with Crippen molar-refractivity contribution >= 4 is 23.4 Å². The second kappa shape index (κ2) is 10.2. The lowest BCUT2D eigenvalue weighted by atomic mass is 10.1. The van der Waals surface area contributed by atoms with E-state index in [-0.39, 0.29) is 18.1 Å². The molecule has 3 rings (SSSR count). The Hall–Kier alpha value is -2.44. The Morgan fingerprint density at radius 3 is 2.43 bits per heavy atom. The first-order chi connectivity index (χ1) is 13.6. The van der Waals surface area contributed by atoms with Gasteiger partial charge in [0, 0.05) is 24.3 Å². The van der Waals surface area contributed by atoms with Crippen molar-refractivity contribution in [2.75, 3.05) is 19.6 Å². The lowest BCUT2D eigenvalue weighted by Gasteiger charge is -2.26. The molecule has 0 saturated carbocycles. The predicted octanol–water partition coefficient (Wildman–Crippen LogP) is 2.77. The highest BCUT2D eigenvalue weighted by atomic mass is 35.5. The van der Waals surface area contributed by atoms with Crippen LogP contribution in [0.2, 0.25) is 5.02 Å². The van der Waals surface area contributed by atoms with Gasteiger partial charge in [0.1, 0.15) is 5.69 Å². The molecule has 148 valence electrons. The molecule has 0 unspecified atom stereocenters.